The third kappa shape index (κ3) is 4.78. The first-order valence-electron chi connectivity index (χ1n) is 10.3. The SMILES string of the molecule is Cc1ccc(-n2nc(C)cc2NC(=O)CN2CC(C)OC(c3ccccc3)C2)cc1. The standard InChI is InChI=1S/C24H28N4O2/c1-17-9-11-21(12-10-17)28-23(13-18(2)26-28)25-24(29)16-27-14-19(3)30-22(15-27)20-7-5-4-6-8-20/h4-13,19,22H,14-16H2,1-3H3,(H,25,29). The van der Waals surface area contributed by atoms with Crippen LogP contribution in [-0.2, 0) is 9.53 Å². The normalized spacial score (nSPS) is 19.6. The second-order valence-electron chi connectivity index (χ2n) is 8.01. The van der Waals surface area contributed by atoms with E-state index in [0.717, 1.165) is 23.5 Å². The molecule has 6 heteroatoms. The van der Waals surface area contributed by atoms with Crippen LogP contribution in [0.5, 0.6) is 0 Å². The van der Waals surface area contributed by atoms with Crippen LogP contribution in [0.1, 0.15) is 29.8 Å². The number of carbonyl (C=O) groups is 1. The third-order valence-electron chi connectivity index (χ3n) is 5.25. The van der Waals surface area contributed by atoms with E-state index in [1.165, 1.54) is 5.56 Å². The van der Waals surface area contributed by atoms with Gasteiger partial charge in [0.05, 0.1) is 30.1 Å². The van der Waals surface area contributed by atoms with Gasteiger partial charge in [0.25, 0.3) is 0 Å². The highest BCUT2D eigenvalue weighted by atomic mass is 16.5. The Morgan fingerprint density at radius 1 is 1.10 bits per heavy atom. The molecule has 2 aromatic carbocycles. The molecule has 1 amide bonds. The number of aromatic nitrogens is 2. The average Bonchev–Trinajstić information content (AvgIpc) is 3.08. The number of amides is 1. The van der Waals surface area contributed by atoms with E-state index < -0.39 is 0 Å². The molecule has 2 unspecified atom stereocenters. The van der Waals surface area contributed by atoms with Crippen molar-refractivity contribution in [2.75, 3.05) is 25.0 Å². The second kappa shape index (κ2) is 8.81. The smallest absolute Gasteiger partial charge is 0.239 e. The Morgan fingerprint density at radius 3 is 2.57 bits per heavy atom. The van der Waals surface area contributed by atoms with Crippen molar-refractivity contribution in [3.8, 4) is 5.69 Å². The zero-order valence-electron chi connectivity index (χ0n) is 17.7. The summed E-state index contributed by atoms with van der Waals surface area (Å²) in [6.45, 7) is 7.76. The number of nitrogens with zero attached hydrogens (tertiary/aromatic N) is 3. The maximum absolute atomic E-state index is 12.8. The Bertz CT molecular complexity index is 998. The van der Waals surface area contributed by atoms with Crippen molar-refractivity contribution in [1.29, 1.82) is 0 Å². The van der Waals surface area contributed by atoms with Crippen LogP contribution in [0.25, 0.3) is 5.69 Å². The quantitative estimate of drug-likeness (QED) is 0.701. The molecular weight excluding hydrogens is 376 g/mol. The van der Waals surface area contributed by atoms with E-state index in [4.69, 9.17) is 4.74 Å². The van der Waals surface area contributed by atoms with Crippen LogP contribution in [0, 0.1) is 13.8 Å². The largest absolute Gasteiger partial charge is 0.368 e. The number of hydrogen-bond acceptors (Lipinski definition) is 4. The molecule has 1 aliphatic heterocycles. The van der Waals surface area contributed by atoms with Crippen molar-refractivity contribution in [2.24, 2.45) is 0 Å². The fourth-order valence-electron chi connectivity index (χ4n) is 3.88. The minimum absolute atomic E-state index is 0.0249. The molecule has 1 aromatic heterocycles. The number of anilines is 1. The zero-order valence-corrected chi connectivity index (χ0v) is 17.7. The molecule has 6 nitrogen and oxygen atoms in total. The van der Waals surface area contributed by atoms with Gasteiger partial charge in [-0.25, -0.2) is 4.68 Å². The maximum Gasteiger partial charge on any atom is 0.239 e. The molecule has 0 radical (unpaired) electrons. The number of aryl methyl sites for hydroxylation is 2. The van der Waals surface area contributed by atoms with Crippen molar-refractivity contribution in [3.05, 3.63) is 77.5 Å². The molecule has 0 spiro atoms. The number of carbonyl (C=O) groups excluding carboxylic acids is 1. The average molecular weight is 405 g/mol. The lowest BCUT2D eigenvalue weighted by Crippen LogP contribution is -2.46. The second-order valence-corrected chi connectivity index (χ2v) is 8.01. The highest BCUT2D eigenvalue weighted by molar-refractivity contribution is 5.91. The Balaban J connectivity index is 1.44. The number of ether oxygens (including phenoxy) is 1. The van der Waals surface area contributed by atoms with Crippen molar-refractivity contribution >= 4 is 11.7 Å². The van der Waals surface area contributed by atoms with Gasteiger partial charge in [0.1, 0.15) is 5.82 Å². The molecule has 30 heavy (non-hydrogen) atoms. The van der Waals surface area contributed by atoms with Crippen LogP contribution in [-0.4, -0.2) is 46.3 Å². The number of rotatable bonds is 5. The third-order valence-corrected chi connectivity index (χ3v) is 5.25. The van der Waals surface area contributed by atoms with Gasteiger partial charge in [-0.2, -0.15) is 5.10 Å². The topological polar surface area (TPSA) is 59.4 Å². The van der Waals surface area contributed by atoms with Gasteiger partial charge in [-0.15, -0.1) is 0 Å². The number of nitrogens with one attached hydrogen (secondary N) is 1. The lowest BCUT2D eigenvalue weighted by molar-refractivity contribution is -0.122. The monoisotopic (exact) mass is 404 g/mol. The van der Waals surface area contributed by atoms with Gasteiger partial charge in [0, 0.05) is 19.2 Å². The Morgan fingerprint density at radius 2 is 1.83 bits per heavy atom. The molecule has 156 valence electrons. The molecule has 0 saturated carbocycles. The van der Waals surface area contributed by atoms with E-state index in [9.17, 15) is 4.79 Å². The summed E-state index contributed by atoms with van der Waals surface area (Å²) in [5, 5.41) is 7.58. The molecule has 1 N–H and O–H groups in total. The summed E-state index contributed by atoms with van der Waals surface area (Å²) in [5.41, 5.74) is 4.10. The first-order valence-corrected chi connectivity index (χ1v) is 10.3. The summed E-state index contributed by atoms with van der Waals surface area (Å²) in [4.78, 5) is 15.0. The predicted octanol–water partition coefficient (Wildman–Crippen LogP) is 3.89. The summed E-state index contributed by atoms with van der Waals surface area (Å²) in [6.07, 6.45) is 0.0418. The highest BCUT2D eigenvalue weighted by Crippen LogP contribution is 2.25. The van der Waals surface area contributed by atoms with Crippen LogP contribution >= 0.6 is 0 Å². The summed E-state index contributed by atoms with van der Waals surface area (Å²) < 4.78 is 7.88. The zero-order chi connectivity index (χ0) is 21.1. The summed E-state index contributed by atoms with van der Waals surface area (Å²) in [5.74, 6) is 0.631. The highest BCUT2D eigenvalue weighted by Gasteiger charge is 2.27. The van der Waals surface area contributed by atoms with Crippen molar-refractivity contribution < 1.29 is 9.53 Å². The minimum atomic E-state index is -0.0517. The van der Waals surface area contributed by atoms with E-state index >= 15 is 0 Å². The first kappa shape index (κ1) is 20.3. The molecule has 2 heterocycles. The van der Waals surface area contributed by atoms with E-state index in [1.807, 2.05) is 62.4 Å². The maximum atomic E-state index is 12.8. The Kier molecular flexibility index (Phi) is 5.97. The Hall–Kier alpha value is -2.96. The predicted molar refractivity (Wildman–Crippen MR) is 118 cm³/mol. The molecule has 3 aromatic rings. The molecule has 1 aliphatic rings. The summed E-state index contributed by atoms with van der Waals surface area (Å²) in [7, 11) is 0. The summed E-state index contributed by atoms with van der Waals surface area (Å²) >= 11 is 0. The van der Waals surface area contributed by atoms with E-state index in [1.54, 1.807) is 4.68 Å². The van der Waals surface area contributed by atoms with Crippen LogP contribution in [0.4, 0.5) is 5.82 Å². The van der Waals surface area contributed by atoms with E-state index in [2.05, 4.69) is 34.4 Å². The molecule has 1 saturated heterocycles. The van der Waals surface area contributed by atoms with Crippen LogP contribution in [0.3, 0.4) is 0 Å². The number of benzene rings is 2. The molecule has 0 bridgehead atoms. The molecule has 0 aliphatic carbocycles. The van der Waals surface area contributed by atoms with Gasteiger partial charge in [0.15, 0.2) is 0 Å². The van der Waals surface area contributed by atoms with E-state index in [-0.39, 0.29) is 18.1 Å². The van der Waals surface area contributed by atoms with Gasteiger partial charge in [0.2, 0.25) is 5.91 Å². The molecule has 1 fully saturated rings. The fraction of sp³-hybridized carbons (Fsp3) is 0.333. The van der Waals surface area contributed by atoms with Crippen molar-refractivity contribution in [3.63, 3.8) is 0 Å². The summed E-state index contributed by atoms with van der Waals surface area (Å²) in [6, 6.07) is 20.2. The lowest BCUT2D eigenvalue weighted by Gasteiger charge is -2.36. The first-order chi connectivity index (χ1) is 14.5. The van der Waals surface area contributed by atoms with Gasteiger partial charge in [-0.1, -0.05) is 48.0 Å². The molecular formula is C24H28N4O2. The number of morpholine rings is 1. The van der Waals surface area contributed by atoms with Gasteiger partial charge in [-0.3, -0.25) is 9.69 Å². The van der Waals surface area contributed by atoms with Crippen LogP contribution < -0.4 is 5.32 Å². The van der Waals surface area contributed by atoms with Crippen molar-refractivity contribution in [2.45, 2.75) is 33.0 Å². The van der Waals surface area contributed by atoms with Crippen LogP contribution in [0.2, 0.25) is 0 Å². The van der Waals surface area contributed by atoms with Gasteiger partial charge >= 0.3 is 0 Å². The van der Waals surface area contributed by atoms with Crippen LogP contribution in [0.15, 0.2) is 60.7 Å². The lowest BCUT2D eigenvalue weighted by atomic mass is 10.1. The Labute approximate surface area is 177 Å². The van der Waals surface area contributed by atoms with Gasteiger partial charge in [-0.05, 0) is 38.5 Å². The number of hydrogen-bond donors (Lipinski definition) is 1. The molecule has 4 rings (SSSR count). The molecule has 2 atom stereocenters. The van der Waals surface area contributed by atoms with E-state index in [0.29, 0.717) is 18.9 Å². The van der Waals surface area contributed by atoms with Gasteiger partial charge < -0.3 is 10.1 Å². The fourth-order valence-corrected chi connectivity index (χ4v) is 3.88. The minimum Gasteiger partial charge on any atom is -0.368 e. The van der Waals surface area contributed by atoms with Crippen molar-refractivity contribution in [1.82, 2.24) is 14.7 Å².